The summed E-state index contributed by atoms with van der Waals surface area (Å²) >= 11 is 0. The molecule has 0 radical (unpaired) electrons. The van der Waals surface area contributed by atoms with Crippen LogP contribution in [-0.4, -0.2) is 19.6 Å². The Balaban J connectivity index is 1.51. The van der Waals surface area contributed by atoms with Crippen LogP contribution in [0.3, 0.4) is 0 Å². The number of nitrogens with one attached hydrogen (secondary N) is 1. The molecular weight excluding hydrogens is 324 g/mol. The smallest absolute Gasteiger partial charge is 0.285 e. The van der Waals surface area contributed by atoms with Gasteiger partial charge in [0.05, 0.1) is 7.11 Å². The third kappa shape index (κ3) is 4.93. The Morgan fingerprint density at radius 3 is 2.42 bits per heavy atom. The normalized spacial score (nSPS) is 10.3. The van der Waals surface area contributed by atoms with Crippen LogP contribution in [0.1, 0.15) is 5.56 Å². The molecule has 0 spiro atoms. The van der Waals surface area contributed by atoms with Gasteiger partial charge in [-0.05, 0) is 35.7 Å². The van der Waals surface area contributed by atoms with Gasteiger partial charge in [-0.3, -0.25) is 4.79 Å². The van der Waals surface area contributed by atoms with Crippen molar-refractivity contribution in [2.24, 2.45) is 0 Å². The Bertz CT molecular complexity index is 846. The number of pyridine rings is 1. The molecule has 0 saturated heterocycles. The summed E-state index contributed by atoms with van der Waals surface area (Å²) in [5, 5.41) is 2.98. The van der Waals surface area contributed by atoms with E-state index in [1.165, 1.54) is 5.56 Å². The molecule has 0 aliphatic carbocycles. The molecule has 132 valence electrons. The molecule has 1 aromatic heterocycles. The highest BCUT2D eigenvalue weighted by Gasteiger charge is 2.10. The standard InChI is InChI=1S/C22H22N2O2/c1-26-21-11-9-18(10-12-21)13-14-23-22(25)17-24-15-5-8-20(16-24)19-6-3-2-4-7-19/h2-12,15-16H,13-14,17H2,1H3/p+1. The molecule has 1 heterocycles. The molecule has 0 bridgehead atoms. The van der Waals surface area contributed by atoms with E-state index >= 15 is 0 Å². The lowest BCUT2D eigenvalue weighted by molar-refractivity contribution is -0.684. The van der Waals surface area contributed by atoms with Crippen molar-refractivity contribution in [1.82, 2.24) is 5.32 Å². The molecule has 2 aromatic carbocycles. The molecule has 0 unspecified atom stereocenters. The summed E-state index contributed by atoms with van der Waals surface area (Å²) in [6.45, 7) is 0.924. The molecule has 3 rings (SSSR count). The topological polar surface area (TPSA) is 42.2 Å². The van der Waals surface area contributed by atoms with Gasteiger partial charge in [-0.15, -0.1) is 0 Å². The number of carbonyl (C=O) groups excluding carboxylic acids is 1. The molecule has 4 nitrogen and oxygen atoms in total. The number of rotatable bonds is 7. The monoisotopic (exact) mass is 347 g/mol. The van der Waals surface area contributed by atoms with Gasteiger partial charge in [0, 0.05) is 18.2 Å². The van der Waals surface area contributed by atoms with Crippen LogP contribution in [0.4, 0.5) is 0 Å². The molecule has 1 amide bonds. The van der Waals surface area contributed by atoms with Crippen molar-refractivity contribution in [1.29, 1.82) is 0 Å². The Kier molecular flexibility index (Phi) is 5.99. The number of amides is 1. The van der Waals surface area contributed by atoms with Crippen LogP contribution < -0.4 is 14.6 Å². The minimum absolute atomic E-state index is 0.00808. The SMILES string of the molecule is COc1ccc(CCNC(=O)C[n+]2cccc(-c3ccccc3)c2)cc1. The molecule has 1 N–H and O–H groups in total. The zero-order valence-corrected chi connectivity index (χ0v) is 14.9. The molecule has 0 aliphatic rings. The number of hydrogen-bond acceptors (Lipinski definition) is 2. The van der Waals surface area contributed by atoms with E-state index in [0.29, 0.717) is 13.1 Å². The summed E-state index contributed by atoms with van der Waals surface area (Å²) < 4.78 is 7.06. The van der Waals surface area contributed by atoms with E-state index in [2.05, 4.69) is 17.4 Å². The fourth-order valence-electron chi connectivity index (χ4n) is 2.78. The quantitative estimate of drug-likeness (QED) is 0.668. The molecule has 0 saturated carbocycles. The Morgan fingerprint density at radius 1 is 0.962 bits per heavy atom. The molecule has 0 atom stereocenters. The number of ether oxygens (including phenoxy) is 1. The van der Waals surface area contributed by atoms with Gasteiger partial charge in [-0.1, -0.05) is 42.5 Å². The minimum atomic E-state index is 0.00808. The summed E-state index contributed by atoms with van der Waals surface area (Å²) in [5.41, 5.74) is 3.41. The lowest BCUT2D eigenvalue weighted by Crippen LogP contribution is -2.43. The van der Waals surface area contributed by atoms with Gasteiger partial charge < -0.3 is 10.1 Å². The van der Waals surface area contributed by atoms with E-state index in [4.69, 9.17) is 4.74 Å². The number of aromatic nitrogens is 1. The molecular formula is C22H23N2O2+. The first kappa shape index (κ1) is 17.7. The summed E-state index contributed by atoms with van der Waals surface area (Å²) in [7, 11) is 1.65. The van der Waals surface area contributed by atoms with Gasteiger partial charge in [-0.25, -0.2) is 0 Å². The van der Waals surface area contributed by atoms with Crippen LogP contribution >= 0.6 is 0 Å². The summed E-state index contributed by atoms with van der Waals surface area (Å²) in [6, 6.07) is 22.1. The Morgan fingerprint density at radius 2 is 1.69 bits per heavy atom. The van der Waals surface area contributed by atoms with Crippen LogP contribution in [0.15, 0.2) is 79.1 Å². The van der Waals surface area contributed by atoms with Crippen molar-refractivity contribution >= 4 is 5.91 Å². The third-order valence-corrected chi connectivity index (χ3v) is 4.19. The van der Waals surface area contributed by atoms with Crippen LogP contribution in [0.5, 0.6) is 5.75 Å². The van der Waals surface area contributed by atoms with Crippen molar-refractivity contribution in [2.45, 2.75) is 13.0 Å². The highest BCUT2D eigenvalue weighted by molar-refractivity contribution is 5.74. The predicted octanol–water partition coefficient (Wildman–Crippen LogP) is 3.01. The average Bonchev–Trinajstić information content (AvgIpc) is 2.69. The zero-order valence-electron chi connectivity index (χ0n) is 14.9. The Hall–Kier alpha value is -3.14. The van der Waals surface area contributed by atoms with Gasteiger partial charge in [0.25, 0.3) is 5.91 Å². The molecule has 3 aromatic rings. The number of hydrogen-bond donors (Lipinski definition) is 1. The lowest BCUT2D eigenvalue weighted by Gasteiger charge is -2.05. The van der Waals surface area contributed by atoms with E-state index in [1.54, 1.807) is 7.11 Å². The second-order valence-electron chi connectivity index (χ2n) is 6.08. The van der Waals surface area contributed by atoms with Crippen molar-refractivity contribution in [3.8, 4) is 16.9 Å². The van der Waals surface area contributed by atoms with Crippen molar-refractivity contribution in [3.63, 3.8) is 0 Å². The van der Waals surface area contributed by atoms with Gasteiger partial charge in [0.15, 0.2) is 12.4 Å². The average molecular weight is 347 g/mol. The molecule has 26 heavy (non-hydrogen) atoms. The first-order valence-electron chi connectivity index (χ1n) is 8.69. The fraction of sp³-hybridized carbons (Fsp3) is 0.182. The number of benzene rings is 2. The van der Waals surface area contributed by atoms with Gasteiger partial charge in [0.1, 0.15) is 5.75 Å². The van der Waals surface area contributed by atoms with Gasteiger partial charge in [-0.2, -0.15) is 4.57 Å². The second kappa shape index (κ2) is 8.81. The van der Waals surface area contributed by atoms with Crippen LogP contribution in [0.2, 0.25) is 0 Å². The lowest BCUT2D eigenvalue weighted by atomic mass is 10.1. The van der Waals surface area contributed by atoms with E-state index in [9.17, 15) is 4.79 Å². The highest BCUT2D eigenvalue weighted by Crippen LogP contribution is 2.16. The number of carbonyl (C=O) groups is 1. The van der Waals surface area contributed by atoms with Crippen LogP contribution in [-0.2, 0) is 17.8 Å². The van der Waals surface area contributed by atoms with E-state index in [0.717, 1.165) is 23.3 Å². The maximum Gasteiger partial charge on any atom is 0.285 e. The molecule has 4 heteroatoms. The van der Waals surface area contributed by atoms with Crippen molar-refractivity contribution in [2.75, 3.05) is 13.7 Å². The predicted molar refractivity (Wildman–Crippen MR) is 102 cm³/mol. The highest BCUT2D eigenvalue weighted by atomic mass is 16.5. The van der Waals surface area contributed by atoms with Gasteiger partial charge >= 0.3 is 0 Å². The first-order valence-corrected chi connectivity index (χ1v) is 8.69. The third-order valence-electron chi connectivity index (χ3n) is 4.19. The van der Waals surface area contributed by atoms with Crippen molar-refractivity contribution < 1.29 is 14.1 Å². The fourth-order valence-corrected chi connectivity index (χ4v) is 2.78. The molecule has 0 fully saturated rings. The first-order chi connectivity index (χ1) is 12.7. The second-order valence-corrected chi connectivity index (χ2v) is 6.08. The number of methoxy groups -OCH3 is 1. The number of nitrogens with zero attached hydrogens (tertiary/aromatic N) is 1. The van der Waals surface area contributed by atoms with E-state index < -0.39 is 0 Å². The van der Waals surface area contributed by atoms with Crippen molar-refractivity contribution in [3.05, 3.63) is 84.7 Å². The summed E-state index contributed by atoms with van der Waals surface area (Å²) in [4.78, 5) is 12.2. The molecule has 0 aliphatic heterocycles. The van der Waals surface area contributed by atoms with E-state index in [1.807, 2.05) is 71.6 Å². The zero-order chi connectivity index (χ0) is 18.2. The van der Waals surface area contributed by atoms with Crippen LogP contribution in [0.25, 0.3) is 11.1 Å². The largest absolute Gasteiger partial charge is 0.497 e. The minimum Gasteiger partial charge on any atom is -0.497 e. The maximum absolute atomic E-state index is 12.2. The van der Waals surface area contributed by atoms with Gasteiger partial charge in [0.2, 0.25) is 6.54 Å². The maximum atomic E-state index is 12.2. The van der Waals surface area contributed by atoms with E-state index in [-0.39, 0.29) is 5.91 Å². The van der Waals surface area contributed by atoms with Crippen LogP contribution in [0, 0.1) is 0 Å². The summed E-state index contributed by atoms with van der Waals surface area (Å²) in [6.07, 6.45) is 4.71. The Labute approximate surface area is 154 Å². The summed E-state index contributed by atoms with van der Waals surface area (Å²) in [5.74, 6) is 0.848.